The Balaban J connectivity index is 2.12. The van der Waals surface area contributed by atoms with Gasteiger partial charge in [-0.05, 0) is 31.7 Å². The largest absolute Gasteiger partial charge is 0.393 e. The Bertz CT molecular complexity index is 412. The van der Waals surface area contributed by atoms with Gasteiger partial charge >= 0.3 is 0 Å². The number of nitrogens with zero attached hydrogens (tertiary/aromatic N) is 1. The molecule has 0 radical (unpaired) electrons. The van der Waals surface area contributed by atoms with Crippen LogP contribution in [0.25, 0.3) is 0 Å². The summed E-state index contributed by atoms with van der Waals surface area (Å²) < 4.78 is 0. The molecule has 1 atom stereocenters. The number of hydrogen-bond acceptors (Lipinski definition) is 2. The van der Waals surface area contributed by atoms with Crippen LogP contribution >= 0.6 is 0 Å². The third kappa shape index (κ3) is 2.98. The predicted molar refractivity (Wildman–Crippen MR) is 75.6 cm³/mol. The quantitative estimate of drug-likeness (QED) is 0.885. The van der Waals surface area contributed by atoms with Crippen molar-refractivity contribution in [1.82, 2.24) is 4.90 Å². The highest BCUT2D eigenvalue weighted by Crippen LogP contribution is 2.33. The number of amides is 1. The van der Waals surface area contributed by atoms with Crippen molar-refractivity contribution in [2.75, 3.05) is 6.54 Å². The molecule has 1 unspecified atom stereocenters. The van der Waals surface area contributed by atoms with Gasteiger partial charge in [0, 0.05) is 12.5 Å². The molecule has 1 aliphatic rings. The van der Waals surface area contributed by atoms with E-state index < -0.39 is 0 Å². The minimum atomic E-state index is -0.274. The number of benzene rings is 1. The van der Waals surface area contributed by atoms with Crippen molar-refractivity contribution in [3.8, 4) is 0 Å². The van der Waals surface area contributed by atoms with Crippen molar-refractivity contribution < 1.29 is 9.90 Å². The average Bonchev–Trinajstić information content (AvgIpc) is 2.41. The molecule has 0 heterocycles. The minimum Gasteiger partial charge on any atom is -0.393 e. The maximum Gasteiger partial charge on any atom is 0.226 e. The van der Waals surface area contributed by atoms with E-state index in [1.54, 1.807) is 0 Å². The second-order valence-electron chi connectivity index (χ2n) is 5.28. The summed E-state index contributed by atoms with van der Waals surface area (Å²) >= 11 is 0. The van der Waals surface area contributed by atoms with Gasteiger partial charge in [0.25, 0.3) is 0 Å². The summed E-state index contributed by atoms with van der Waals surface area (Å²) in [7, 11) is 0. The SMILES string of the molecule is CCC(c1ccccc1)N(CC)C(=O)C1CC(O)C1. The molecule has 0 aliphatic heterocycles. The standard InChI is InChI=1S/C16H23NO2/c1-3-15(12-8-6-5-7-9-12)17(4-2)16(19)13-10-14(18)11-13/h5-9,13-15,18H,3-4,10-11H2,1-2H3. The smallest absolute Gasteiger partial charge is 0.226 e. The van der Waals surface area contributed by atoms with Crippen LogP contribution in [0, 0.1) is 5.92 Å². The van der Waals surface area contributed by atoms with E-state index in [0.717, 1.165) is 13.0 Å². The van der Waals surface area contributed by atoms with Gasteiger partial charge in [-0.15, -0.1) is 0 Å². The topological polar surface area (TPSA) is 40.5 Å². The minimum absolute atomic E-state index is 0.0210. The number of hydrogen-bond donors (Lipinski definition) is 1. The first-order chi connectivity index (χ1) is 9.17. The molecular formula is C16H23NO2. The van der Waals surface area contributed by atoms with E-state index in [1.807, 2.05) is 30.0 Å². The molecule has 1 aromatic rings. The van der Waals surface area contributed by atoms with Gasteiger partial charge in [0.2, 0.25) is 5.91 Å². The number of carbonyl (C=O) groups is 1. The molecule has 1 fully saturated rings. The van der Waals surface area contributed by atoms with Gasteiger partial charge in [0.05, 0.1) is 12.1 Å². The molecule has 1 N–H and O–H groups in total. The maximum atomic E-state index is 12.5. The van der Waals surface area contributed by atoms with E-state index in [0.29, 0.717) is 12.8 Å². The first-order valence-electron chi connectivity index (χ1n) is 7.20. The molecule has 1 saturated carbocycles. The number of carbonyl (C=O) groups excluding carboxylic acids is 1. The van der Waals surface area contributed by atoms with Gasteiger partial charge in [-0.3, -0.25) is 4.79 Å². The summed E-state index contributed by atoms with van der Waals surface area (Å²) in [6, 6.07) is 10.3. The van der Waals surface area contributed by atoms with Gasteiger partial charge in [-0.1, -0.05) is 37.3 Å². The van der Waals surface area contributed by atoms with E-state index in [9.17, 15) is 9.90 Å². The van der Waals surface area contributed by atoms with Crippen LogP contribution in [0.3, 0.4) is 0 Å². The molecule has 0 spiro atoms. The van der Waals surface area contributed by atoms with Crippen molar-refractivity contribution in [2.24, 2.45) is 5.92 Å². The van der Waals surface area contributed by atoms with Crippen LogP contribution in [0.4, 0.5) is 0 Å². The summed E-state index contributed by atoms with van der Waals surface area (Å²) in [4.78, 5) is 14.5. The van der Waals surface area contributed by atoms with Crippen molar-refractivity contribution in [2.45, 2.75) is 45.3 Å². The van der Waals surface area contributed by atoms with Crippen LogP contribution in [0.15, 0.2) is 30.3 Å². The van der Waals surface area contributed by atoms with E-state index >= 15 is 0 Å². The lowest BCUT2D eigenvalue weighted by molar-refractivity contribution is -0.144. The second kappa shape index (κ2) is 6.20. The highest BCUT2D eigenvalue weighted by atomic mass is 16.3. The number of aliphatic hydroxyl groups is 1. The monoisotopic (exact) mass is 261 g/mol. The van der Waals surface area contributed by atoms with Crippen LogP contribution in [-0.4, -0.2) is 28.6 Å². The van der Waals surface area contributed by atoms with Crippen LogP contribution in [0.1, 0.15) is 44.7 Å². The Hall–Kier alpha value is -1.35. The second-order valence-corrected chi connectivity index (χ2v) is 5.28. The summed E-state index contributed by atoms with van der Waals surface area (Å²) in [6.45, 7) is 4.86. The van der Waals surface area contributed by atoms with Crippen molar-refractivity contribution in [3.63, 3.8) is 0 Å². The summed E-state index contributed by atoms with van der Waals surface area (Å²) in [5, 5.41) is 9.36. The van der Waals surface area contributed by atoms with Crippen LogP contribution in [0.2, 0.25) is 0 Å². The van der Waals surface area contributed by atoms with Crippen molar-refractivity contribution in [3.05, 3.63) is 35.9 Å². The van der Waals surface area contributed by atoms with Crippen LogP contribution in [0.5, 0.6) is 0 Å². The predicted octanol–water partition coefficient (Wildman–Crippen LogP) is 2.76. The Labute approximate surface area is 115 Å². The molecule has 0 aromatic heterocycles. The number of rotatable bonds is 5. The molecular weight excluding hydrogens is 238 g/mol. The normalized spacial score (nSPS) is 23.5. The summed E-state index contributed by atoms with van der Waals surface area (Å²) in [5.41, 5.74) is 1.19. The zero-order valence-corrected chi connectivity index (χ0v) is 11.7. The van der Waals surface area contributed by atoms with Gasteiger partial charge in [-0.2, -0.15) is 0 Å². The fraction of sp³-hybridized carbons (Fsp3) is 0.562. The highest BCUT2D eigenvalue weighted by molar-refractivity contribution is 5.80. The lowest BCUT2D eigenvalue weighted by Gasteiger charge is -2.38. The van der Waals surface area contributed by atoms with E-state index in [2.05, 4.69) is 19.1 Å². The third-order valence-corrected chi connectivity index (χ3v) is 4.03. The number of aliphatic hydroxyl groups excluding tert-OH is 1. The van der Waals surface area contributed by atoms with Crippen LogP contribution in [-0.2, 0) is 4.79 Å². The van der Waals surface area contributed by atoms with Gasteiger partial charge in [0.15, 0.2) is 0 Å². The Morgan fingerprint density at radius 1 is 1.32 bits per heavy atom. The molecule has 0 saturated heterocycles. The molecule has 1 amide bonds. The molecule has 19 heavy (non-hydrogen) atoms. The molecule has 0 bridgehead atoms. The Morgan fingerprint density at radius 2 is 1.95 bits per heavy atom. The Kier molecular flexibility index (Phi) is 4.59. The maximum absolute atomic E-state index is 12.5. The fourth-order valence-electron chi connectivity index (χ4n) is 2.86. The van der Waals surface area contributed by atoms with Crippen molar-refractivity contribution >= 4 is 5.91 Å². The van der Waals surface area contributed by atoms with Gasteiger partial charge < -0.3 is 10.0 Å². The van der Waals surface area contributed by atoms with E-state index in [4.69, 9.17) is 0 Å². The van der Waals surface area contributed by atoms with Crippen molar-refractivity contribution in [1.29, 1.82) is 0 Å². The molecule has 2 rings (SSSR count). The van der Waals surface area contributed by atoms with Gasteiger partial charge in [-0.25, -0.2) is 0 Å². The van der Waals surface area contributed by atoms with Crippen LogP contribution < -0.4 is 0 Å². The zero-order valence-electron chi connectivity index (χ0n) is 11.7. The zero-order chi connectivity index (χ0) is 13.8. The summed E-state index contributed by atoms with van der Waals surface area (Å²) in [5.74, 6) is 0.219. The molecule has 3 heteroatoms. The molecule has 1 aliphatic carbocycles. The average molecular weight is 261 g/mol. The molecule has 1 aromatic carbocycles. The Morgan fingerprint density at radius 3 is 2.42 bits per heavy atom. The fourth-order valence-corrected chi connectivity index (χ4v) is 2.86. The lowest BCUT2D eigenvalue weighted by atomic mass is 9.81. The third-order valence-electron chi connectivity index (χ3n) is 4.03. The first-order valence-corrected chi connectivity index (χ1v) is 7.20. The molecule has 3 nitrogen and oxygen atoms in total. The first kappa shape index (κ1) is 14.1. The highest BCUT2D eigenvalue weighted by Gasteiger charge is 2.37. The van der Waals surface area contributed by atoms with Gasteiger partial charge in [0.1, 0.15) is 0 Å². The van der Waals surface area contributed by atoms with E-state index in [1.165, 1.54) is 5.56 Å². The lowest BCUT2D eigenvalue weighted by Crippen LogP contribution is -2.45. The van der Waals surface area contributed by atoms with E-state index in [-0.39, 0.29) is 24.0 Å². The summed E-state index contributed by atoms with van der Waals surface area (Å²) in [6.07, 6.45) is 1.89. The molecule has 104 valence electrons.